The number of carbonyl (C=O) groups is 1. The Labute approximate surface area is 143 Å². The average molecular weight is 343 g/mol. The summed E-state index contributed by atoms with van der Waals surface area (Å²) < 4.78 is 5.41. The number of urea groups is 1. The van der Waals surface area contributed by atoms with Crippen LogP contribution >= 0.6 is 11.6 Å². The minimum atomic E-state index is -0.395. The molecule has 130 valence electrons. The summed E-state index contributed by atoms with van der Waals surface area (Å²) in [5.74, 6) is 0. The SMILES string of the molecule is COC(CNC(=O)NCC(C)(C)CC(C)O)c1ccccc1Cl. The van der Waals surface area contributed by atoms with Crippen LogP contribution in [0.5, 0.6) is 0 Å². The molecule has 0 aromatic heterocycles. The lowest BCUT2D eigenvalue weighted by atomic mass is 9.87. The number of benzene rings is 1. The fraction of sp³-hybridized carbons (Fsp3) is 0.588. The predicted molar refractivity (Wildman–Crippen MR) is 92.7 cm³/mol. The first-order valence-electron chi connectivity index (χ1n) is 7.72. The molecule has 3 N–H and O–H groups in total. The van der Waals surface area contributed by atoms with Crippen LogP contribution in [0, 0.1) is 5.41 Å². The summed E-state index contributed by atoms with van der Waals surface area (Å²) >= 11 is 6.15. The van der Waals surface area contributed by atoms with Gasteiger partial charge in [-0.1, -0.05) is 43.6 Å². The summed E-state index contributed by atoms with van der Waals surface area (Å²) in [6, 6.07) is 7.14. The fourth-order valence-corrected chi connectivity index (χ4v) is 2.75. The smallest absolute Gasteiger partial charge is 0.314 e. The first-order valence-corrected chi connectivity index (χ1v) is 8.10. The van der Waals surface area contributed by atoms with Crippen molar-refractivity contribution in [2.24, 2.45) is 5.41 Å². The van der Waals surface area contributed by atoms with E-state index in [1.165, 1.54) is 0 Å². The van der Waals surface area contributed by atoms with Crippen molar-refractivity contribution < 1.29 is 14.6 Å². The van der Waals surface area contributed by atoms with Crippen molar-refractivity contribution in [3.8, 4) is 0 Å². The Balaban J connectivity index is 2.47. The summed E-state index contributed by atoms with van der Waals surface area (Å²) in [5.41, 5.74) is 0.668. The number of hydrogen-bond donors (Lipinski definition) is 3. The second kappa shape index (κ2) is 9.11. The monoisotopic (exact) mass is 342 g/mol. The third kappa shape index (κ3) is 7.20. The van der Waals surface area contributed by atoms with Crippen molar-refractivity contribution in [1.82, 2.24) is 10.6 Å². The quantitative estimate of drug-likeness (QED) is 0.679. The molecule has 0 bridgehead atoms. The van der Waals surface area contributed by atoms with Crippen molar-refractivity contribution in [1.29, 1.82) is 0 Å². The summed E-state index contributed by atoms with van der Waals surface area (Å²) in [6.45, 7) is 6.55. The zero-order valence-electron chi connectivity index (χ0n) is 14.2. The van der Waals surface area contributed by atoms with Crippen LogP contribution in [-0.4, -0.2) is 37.4 Å². The minimum absolute atomic E-state index is 0.172. The van der Waals surface area contributed by atoms with E-state index in [0.29, 0.717) is 24.5 Å². The van der Waals surface area contributed by atoms with Crippen LogP contribution in [-0.2, 0) is 4.74 Å². The van der Waals surface area contributed by atoms with E-state index in [-0.39, 0.29) is 17.6 Å². The zero-order chi connectivity index (χ0) is 17.5. The Kier molecular flexibility index (Phi) is 7.82. The van der Waals surface area contributed by atoms with Crippen molar-refractivity contribution >= 4 is 17.6 Å². The highest BCUT2D eigenvalue weighted by molar-refractivity contribution is 6.31. The number of carbonyl (C=O) groups excluding carboxylic acids is 1. The number of hydrogen-bond acceptors (Lipinski definition) is 3. The fourth-order valence-electron chi connectivity index (χ4n) is 2.50. The first-order chi connectivity index (χ1) is 10.7. The molecule has 0 aliphatic heterocycles. The van der Waals surface area contributed by atoms with E-state index in [1.807, 2.05) is 32.0 Å². The van der Waals surface area contributed by atoms with Crippen LogP contribution in [0.15, 0.2) is 24.3 Å². The number of aliphatic hydroxyl groups excluding tert-OH is 1. The largest absolute Gasteiger partial charge is 0.393 e. The van der Waals surface area contributed by atoms with E-state index in [1.54, 1.807) is 20.1 Å². The van der Waals surface area contributed by atoms with Gasteiger partial charge in [-0.25, -0.2) is 4.79 Å². The summed E-state index contributed by atoms with van der Waals surface area (Å²) in [5, 5.41) is 15.7. The molecule has 5 nitrogen and oxygen atoms in total. The van der Waals surface area contributed by atoms with Gasteiger partial charge < -0.3 is 20.5 Å². The molecule has 1 aromatic rings. The van der Waals surface area contributed by atoms with Gasteiger partial charge in [0.2, 0.25) is 0 Å². The third-order valence-corrected chi connectivity index (χ3v) is 3.90. The van der Waals surface area contributed by atoms with Gasteiger partial charge in [-0.2, -0.15) is 0 Å². The van der Waals surface area contributed by atoms with E-state index in [4.69, 9.17) is 16.3 Å². The number of aliphatic hydroxyl groups is 1. The molecule has 0 heterocycles. The summed E-state index contributed by atoms with van der Waals surface area (Å²) in [6.07, 6.45) is -0.0824. The molecule has 1 aromatic carbocycles. The number of halogens is 1. The molecule has 6 heteroatoms. The van der Waals surface area contributed by atoms with Crippen LogP contribution in [0.2, 0.25) is 5.02 Å². The van der Waals surface area contributed by atoms with Gasteiger partial charge in [0.25, 0.3) is 0 Å². The molecule has 23 heavy (non-hydrogen) atoms. The summed E-state index contributed by atoms with van der Waals surface area (Å²) in [7, 11) is 1.58. The number of rotatable bonds is 8. The number of amides is 2. The van der Waals surface area contributed by atoms with Crippen LogP contribution in [0.4, 0.5) is 4.79 Å². The molecule has 0 radical (unpaired) electrons. The second-order valence-electron chi connectivity index (χ2n) is 6.53. The van der Waals surface area contributed by atoms with Gasteiger partial charge in [0.15, 0.2) is 0 Å². The van der Waals surface area contributed by atoms with Gasteiger partial charge in [-0.15, -0.1) is 0 Å². The maximum atomic E-state index is 11.9. The molecule has 0 saturated carbocycles. The molecule has 2 atom stereocenters. The molecule has 1 rings (SSSR count). The molecule has 0 fully saturated rings. The standard InChI is InChI=1S/C17H27ClN2O3/c1-12(21)9-17(2,3)11-20-16(22)19-10-15(23-4)13-7-5-6-8-14(13)18/h5-8,12,15,21H,9-11H2,1-4H3,(H2,19,20,22). The van der Waals surface area contributed by atoms with Gasteiger partial charge in [0, 0.05) is 30.8 Å². The van der Waals surface area contributed by atoms with Crippen molar-refractivity contribution in [3.05, 3.63) is 34.9 Å². The van der Waals surface area contributed by atoms with Crippen LogP contribution in [0.25, 0.3) is 0 Å². The molecule has 0 aliphatic carbocycles. The van der Waals surface area contributed by atoms with E-state index in [0.717, 1.165) is 5.56 Å². The topological polar surface area (TPSA) is 70.6 Å². The van der Waals surface area contributed by atoms with Crippen LogP contribution in [0.1, 0.15) is 38.9 Å². The Morgan fingerprint density at radius 1 is 1.35 bits per heavy atom. The van der Waals surface area contributed by atoms with Gasteiger partial charge >= 0.3 is 6.03 Å². The lowest BCUT2D eigenvalue weighted by Crippen LogP contribution is -2.42. The predicted octanol–water partition coefficient (Wildman–Crippen LogP) is 3.12. The third-order valence-electron chi connectivity index (χ3n) is 3.56. The molecular weight excluding hydrogens is 316 g/mol. The Morgan fingerprint density at radius 3 is 2.57 bits per heavy atom. The van der Waals surface area contributed by atoms with Crippen molar-refractivity contribution in [3.63, 3.8) is 0 Å². The second-order valence-corrected chi connectivity index (χ2v) is 6.93. The molecule has 2 amide bonds. The van der Waals surface area contributed by atoms with Gasteiger partial charge in [0.1, 0.15) is 6.10 Å². The lowest BCUT2D eigenvalue weighted by Gasteiger charge is -2.26. The molecule has 0 aliphatic rings. The summed E-state index contributed by atoms with van der Waals surface area (Å²) in [4.78, 5) is 11.9. The number of nitrogens with one attached hydrogen (secondary N) is 2. The van der Waals surface area contributed by atoms with Gasteiger partial charge in [0.05, 0.1) is 6.10 Å². The van der Waals surface area contributed by atoms with Crippen LogP contribution in [0.3, 0.4) is 0 Å². The average Bonchev–Trinajstić information content (AvgIpc) is 2.46. The minimum Gasteiger partial charge on any atom is -0.393 e. The van der Waals surface area contributed by atoms with Crippen LogP contribution < -0.4 is 10.6 Å². The number of ether oxygens (including phenoxy) is 1. The number of methoxy groups -OCH3 is 1. The maximum Gasteiger partial charge on any atom is 0.314 e. The molecule has 2 unspecified atom stereocenters. The van der Waals surface area contributed by atoms with E-state index in [9.17, 15) is 9.90 Å². The first kappa shape index (κ1) is 19.7. The highest BCUT2D eigenvalue weighted by atomic mass is 35.5. The Morgan fingerprint density at radius 2 is 2.00 bits per heavy atom. The van der Waals surface area contributed by atoms with E-state index < -0.39 is 6.10 Å². The Bertz CT molecular complexity index is 506. The van der Waals surface area contributed by atoms with Crippen molar-refractivity contribution in [2.75, 3.05) is 20.2 Å². The molecular formula is C17H27ClN2O3. The van der Waals surface area contributed by atoms with Gasteiger partial charge in [-0.05, 0) is 24.8 Å². The zero-order valence-corrected chi connectivity index (χ0v) is 15.0. The van der Waals surface area contributed by atoms with Crippen molar-refractivity contribution in [2.45, 2.75) is 39.4 Å². The van der Waals surface area contributed by atoms with E-state index >= 15 is 0 Å². The lowest BCUT2D eigenvalue weighted by molar-refractivity contribution is 0.103. The van der Waals surface area contributed by atoms with E-state index in [2.05, 4.69) is 10.6 Å². The van der Waals surface area contributed by atoms with Gasteiger partial charge in [-0.3, -0.25) is 0 Å². The highest BCUT2D eigenvalue weighted by Crippen LogP contribution is 2.24. The maximum absolute atomic E-state index is 11.9. The molecule has 0 spiro atoms. The highest BCUT2D eigenvalue weighted by Gasteiger charge is 2.21. The molecule has 0 saturated heterocycles. The Hall–Kier alpha value is -1.30. The normalized spacial score (nSPS) is 14.2.